The van der Waals surface area contributed by atoms with Crippen LogP contribution in [0.4, 0.5) is 0 Å². The first kappa shape index (κ1) is 9.47. The van der Waals surface area contributed by atoms with Gasteiger partial charge in [0.15, 0.2) is 0 Å². The van der Waals surface area contributed by atoms with Crippen LogP contribution in [0.5, 0.6) is 0 Å². The van der Waals surface area contributed by atoms with Crippen molar-refractivity contribution in [2.24, 2.45) is 5.41 Å². The van der Waals surface area contributed by atoms with Gasteiger partial charge in [0.2, 0.25) is 0 Å². The minimum Gasteiger partial charge on any atom is -0.392 e. The van der Waals surface area contributed by atoms with Gasteiger partial charge in [0.25, 0.3) is 0 Å². The third-order valence-corrected chi connectivity index (χ3v) is 3.96. The molecule has 1 aliphatic carbocycles. The number of likely N-dealkylation sites (tertiary alicyclic amines) is 1. The molecule has 0 aromatic heterocycles. The predicted molar refractivity (Wildman–Crippen MR) is 53.6 cm³/mol. The number of aliphatic hydroxyl groups is 1. The van der Waals surface area contributed by atoms with Crippen molar-refractivity contribution in [2.75, 3.05) is 13.1 Å². The Balaban J connectivity index is 2.02. The first-order chi connectivity index (χ1) is 5.94. The fraction of sp³-hybridized carbons (Fsp3) is 1.00. The summed E-state index contributed by atoms with van der Waals surface area (Å²) in [5.41, 5.74) is 0.562. The largest absolute Gasteiger partial charge is 0.392 e. The summed E-state index contributed by atoms with van der Waals surface area (Å²) in [4.78, 5) is 2.51. The van der Waals surface area contributed by atoms with Gasteiger partial charge in [0.05, 0.1) is 6.10 Å². The highest BCUT2D eigenvalue weighted by molar-refractivity contribution is 5.03. The summed E-state index contributed by atoms with van der Waals surface area (Å²) in [6.45, 7) is 9.06. The molecule has 1 saturated heterocycles. The van der Waals surface area contributed by atoms with Gasteiger partial charge >= 0.3 is 0 Å². The van der Waals surface area contributed by atoms with Crippen molar-refractivity contribution in [3.63, 3.8) is 0 Å². The maximum Gasteiger partial charge on any atom is 0.0609 e. The van der Waals surface area contributed by atoms with E-state index in [1.165, 1.54) is 19.4 Å². The Morgan fingerprint density at radius 1 is 1.31 bits per heavy atom. The maximum absolute atomic E-state index is 9.76. The molecule has 1 aliphatic heterocycles. The number of aliphatic hydroxyl groups excluding tert-OH is 1. The van der Waals surface area contributed by atoms with E-state index in [1.807, 2.05) is 0 Å². The zero-order valence-corrected chi connectivity index (χ0v) is 9.01. The van der Waals surface area contributed by atoms with E-state index in [-0.39, 0.29) is 17.1 Å². The van der Waals surface area contributed by atoms with Crippen molar-refractivity contribution in [1.29, 1.82) is 0 Å². The lowest BCUT2D eigenvalue weighted by Gasteiger charge is -2.45. The first-order valence-electron chi connectivity index (χ1n) is 5.37. The topological polar surface area (TPSA) is 23.5 Å². The van der Waals surface area contributed by atoms with Crippen molar-refractivity contribution in [3.05, 3.63) is 0 Å². The molecule has 2 heteroatoms. The van der Waals surface area contributed by atoms with Crippen LogP contribution >= 0.6 is 0 Å². The molecule has 1 N–H and O–H groups in total. The third-order valence-electron chi connectivity index (χ3n) is 3.96. The standard InChI is InChI=1S/C11H21NO/c1-10(2,3)12-7-6-11(8-12)5-4-9(11)13/h9,13H,4-8H2,1-3H3. The van der Waals surface area contributed by atoms with Crippen LogP contribution in [0.3, 0.4) is 0 Å². The van der Waals surface area contributed by atoms with E-state index >= 15 is 0 Å². The van der Waals surface area contributed by atoms with Gasteiger partial charge < -0.3 is 5.11 Å². The zero-order chi connectivity index (χ0) is 9.69. The molecule has 1 heterocycles. The minimum absolute atomic E-state index is 0.0140. The Morgan fingerprint density at radius 3 is 2.23 bits per heavy atom. The molecule has 0 aromatic rings. The van der Waals surface area contributed by atoms with Crippen LogP contribution < -0.4 is 0 Å². The van der Waals surface area contributed by atoms with Crippen molar-refractivity contribution in [3.8, 4) is 0 Å². The van der Waals surface area contributed by atoms with Crippen molar-refractivity contribution >= 4 is 0 Å². The Morgan fingerprint density at radius 2 is 2.00 bits per heavy atom. The molecule has 2 fully saturated rings. The van der Waals surface area contributed by atoms with E-state index in [4.69, 9.17) is 0 Å². The van der Waals surface area contributed by atoms with Crippen molar-refractivity contribution in [1.82, 2.24) is 4.90 Å². The summed E-state index contributed by atoms with van der Waals surface area (Å²) >= 11 is 0. The molecule has 0 bridgehead atoms. The summed E-state index contributed by atoms with van der Waals surface area (Å²) in [5.74, 6) is 0. The van der Waals surface area contributed by atoms with Crippen LogP contribution in [0.15, 0.2) is 0 Å². The zero-order valence-electron chi connectivity index (χ0n) is 9.01. The Labute approximate surface area is 80.9 Å². The lowest BCUT2D eigenvalue weighted by molar-refractivity contribution is -0.0608. The fourth-order valence-corrected chi connectivity index (χ4v) is 2.63. The average Bonchev–Trinajstić information content (AvgIpc) is 2.47. The highest BCUT2D eigenvalue weighted by Crippen LogP contribution is 2.49. The van der Waals surface area contributed by atoms with Gasteiger partial charge in [-0.25, -0.2) is 0 Å². The van der Waals surface area contributed by atoms with Gasteiger partial charge in [-0.15, -0.1) is 0 Å². The molecule has 2 rings (SSSR count). The van der Waals surface area contributed by atoms with E-state index in [2.05, 4.69) is 25.7 Å². The van der Waals surface area contributed by atoms with E-state index < -0.39 is 0 Å². The van der Waals surface area contributed by atoms with E-state index in [0.29, 0.717) is 0 Å². The second-order valence-corrected chi connectivity index (χ2v) is 5.76. The number of nitrogens with zero attached hydrogens (tertiary/aromatic N) is 1. The summed E-state index contributed by atoms with van der Waals surface area (Å²) in [6.07, 6.45) is 3.45. The average molecular weight is 183 g/mol. The molecule has 76 valence electrons. The molecule has 1 spiro atoms. The van der Waals surface area contributed by atoms with Crippen molar-refractivity contribution < 1.29 is 5.11 Å². The number of hydrogen-bond donors (Lipinski definition) is 1. The molecule has 0 aromatic carbocycles. The lowest BCUT2D eigenvalue weighted by Crippen LogP contribution is -2.49. The fourth-order valence-electron chi connectivity index (χ4n) is 2.63. The van der Waals surface area contributed by atoms with Gasteiger partial charge in [0, 0.05) is 17.5 Å². The van der Waals surface area contributed by atoms with E-state index in [0.717, 1.165) is 13.0 Å². The van der Waals surface area contributed by atoms with Crippen LogP contribution in [0, 0.1) is 5.41 Å². The second kappa shape index (κ2) is 2.71. The summed E-state index contributed by atoms with van der Waals surface area (Å²) in [5, 5.41) is 9.76. The van der Waals surface area contributed by atoms with Crippen LogP contribution in [0.1, 0.15) is 40.0 Å². The molecule has 0 radical (unpaired) electrons. The highest BCUT2D eigenvalue weighted by atomic mass is 16.3. The Kier molecular flexibility index (Phi) is 1.97. The van der Waals surface area contributed by atoms with Crippen LogP contribution in [-0.4, -0.2) is 34.7 Å². The first-order valence-corrected chi connectivity index (χ1v) is 5.37. The number of rotatable bonds is 0. The molecular weight excluding hydrogens is 162 g/mol. The second-order valence-electron chi connectivity index (χ2n) is 5.76. The lowest BCUT2D eigenvalue weighted by atomic mass is 9.65. The van der Waals surface area contributed by atoms with Gasteiger partial charge in [-0.3, -0.25) is 4.90 Å². The molecule has 2 aliphatic rings. The normalized spacial score (nSPS) is 41.1. The van der Waals surface area contributed by atoms with Crippen LogP contribution in [0.2, 0.25) is 0 Å². The minimum atomic E-state index is -0.0140. The van der Waals surface area contributed by atoms with Gasteiger partial charge in [-0.1, -0.05) is 0 Å². The maximum atomic E-state index is 9.76. The molecular formula is C11H21NO. The van der Waals surface area contributed by atoms with Crippen molar-refractivity contribution in [2.45, 2.75) is 51.7 Å². The molecule has 0 amide bonds. The Bertz CT molecular complexity index is 209. The molecule has 2 nitrogen and oxygen atoms in total. The summed E-state index contributed by atoms with van der Waals surface area (Å²) < 4.78 is 0. The van der Waals surface area contributed by atoms with E-state index in [1.54, 1.807) is 0 Å². The highest BCUT2D eigenvalue weighted by Gasteiger charge is 2.51. The number of hydrogen-bond acceptors (Lipinski definition) is 2. The molecule has 13 heavy (non-hydrogen) atoms. The van der Waals surface area contributed by atoms with E-state index in [9.17, 15) is 5.11 Å². The van der Waals surface area contributed by atoms with Gasteiger partial charge in [0.1, 0.15) is 0 Å². The third kappa shape index (κ3) is 1.40. The summed E-state index contributed by atoms with van der Waals surface area (Å²) in [6, 6.07) is 0. The monoisotopic (exact) mass is 183 g/mol. The van der Waals surface area contributed by atoms with Crippen LogP contribution in [-0.2, 0) is 0 Å². The quantitative estimate of drug-likeness (QED) is 0.617. The smallest absolute Gasteiger partial charge is 0.0609 e. The SMILES string of the molecule is CC(C)(C)N1CCC2(CCC2O)C1. The Hall–Kier alpha value is -0.0800. The molecule has 1 saturated carbocycles. The summed E-state index contributed by atoms with van der Waals surface area (Å²) in [7, 11) is 0. The molecule has 2 atom stereocenters. The van der Waals surface area contributed by atoms with Gasteiger partial charge in [-0.05, 0) is 46.6 Å². The predicted octanol–water partition coefficient (Wildman–Crippen LogP) is 1.63. The van der Waals surface area contributed by atoms with Gasteiger partial charge in [-0.2, -0.15) is 0 Å². The van der Waals surface area contributed by atoms with Crippen LogP contribution in [0.25, 0.3) is 0 Å². The molecule has 2 unspecified atom stereocenters.